The highest BCUT2D eigenvalue weighted by Gasteiger charge is 2.23. The molecule has 0 fully saturated rings. The highest BCUT2D eigenvalue weighted by Crippen LogP contribution is 2.38. The number of amides is 1. The van der Waals surface area contributed by atoms with E-state index in [0.29, 0.717) is 17.4 Å². The Morgan fingerprint density at radius 1 is 0.895 bits per heavy atom. The van der Waals surface area contributed by atoms with E-state index in [1.165, 1.54) is 57.8 Å². The fraction of sp³-hybridized carbons (Fsp3) is 0.897. The van der Waals surface area contributed by atoms with E-state index in [1.54, 1.807) is 6.08 Å². The number of rotatable bonds is 26. The summed E-state index contributed by atoms with van der Waals surface area (Å²) in [7, 11) is 1.25. The summed E-state index contributed by atoms with van der Waals surface area (Å²) in [4.78, 5) is 24.8. The van der Waals surface area contributed by atoms with E-state index >= 15 is 0 Å². The fourth-order valence-electron chi connectivity index (χ4n) is 3.97. The first kappa shape index (κ1) is 37.2. The van der Waals surface area contributed by atoms with Gasteiger partial charge in [-0.2, -0.15) is 0 Å². The maximum atomic E-state index is 12.5. The van der Waals surface area contributed by atoms with Crippen molar-refractivity contribution in [2.45, 2.75) is 129 Å². The van der Waals surface area contributed by atoms with Crippen LogP contribution in [0.15, 0.2) is 12.2 Å². The Morgan fingerprint density at radius 2 is 1.42 bits per heavy atom. The van der Waals surface area contributed by atoms with Crippen molar-refractivity contribution in [1.29, 1.82) is 0 Å². The monoisotopic (exact) mass is 562 g/mol. The van der Waals surface area contributed by atoms with E-state index in [9.17, 15) is 19.4 Å². The second-order valence-electron chi connectivity index (χ2n) is 11.5. The third-order valence-electron chi connectivity index (χ3n) is 6.50. The zero-order valence-corrected chi connectivity index (χ0v) is 26.0. The quantitative estimate of drug-likeness (QED) is 0.0590. The average molecular weight is 563 g/mol. The molecule has 1 amide bonds. The van der Waals surface area contributed by atoms with E-state index in [1.807, 2.05) is 27.2 Å². The highest BCUT2D eigenvalue weighted by atomic mass is 31.2. The molecule has 0 aliphatic heterocycles. The molecule has 0 aliphatic rings. The molecule has 9 heteroatoms. The molecule has 3 atom stereocenters. The van der Waals surface area contributed by atoms with Crippen LogP contribution >= 0.6 is 7.82 Å². The van der Waals surface area contributed by atoms with Gasteiger partial charge in [0, 0.05) is 6.42 Å². The molecule has 0 spiro atoms. The van der Waals surface area contributed by atoms with Crippen molar-refractivity contribution in [1.82, 2.24) is 5.32 Å². The van der Waals surface area contributed by atoms with Gasteiger partial charge in [-0.15, -0.1) is 0 Å². The predicted octanol–water partition coefficient (Wildman–Crippen LogP) is 5.88. The van der Waals surface area contributed by atoms with Crippen molar-refractivity contribution in [2.75, 3.05) is 40.9 Å². The molecule has 0 saturated heterocycles. The zero-order valence-electron chi connectivity index (χ0n) is 25.1. The normalized spacial score (nSPS) is 15.4. The van der Waals surface area contributed by atoms with Gasteiger partial charge in [0.05, 0.1) is 39.9 Å². The topological polar surface area (TPSA) is 108 Å². The van der Waals surface area contributed by atoms with Crippen molar-refractivity contribution in [3.05, 3.63) is 12.2 Å². The van der Waals surface area contributed by atoms with Gasteiger partial charge in [-0.3, -0.25) is 9.36 Å². The Morgan fingerprint density at radius 3 is 1.97 bits per heavy atom. The van der Waals surface area contributed by atoms with Crippen LogP contribution in [0, 0.1) is 0 Å². The first-order valence-electron chi connectivity index (χ1n) is 15.1. The molecule has 226 valence electrons. The van der Waals surface area contributed by atoms with Crippen LogP contribution in [0.5, 0.6) is 0 Å². The molecule has 0 bridgehead atoms. The van der Waals surface area contributed by atoms with Gasteiger partial charge in [0.1, 0.15) is 13.2 Å². The van der Waals surface area contributed by atoms with Gasteiger partial charge in [-0.05, 0) is 19.3 Å². The summed E-state index contributed by atoms with van der Waals surface area (Å²) in [6.45, 7) is 4.52. The Hall–Kier alpha value is -0.760. The SMILES string of the molecule is CCCCCCCCC/C=C/[C@@H](O)[C@H](COP(=O)([O-])OCC[N+](C)(C)C)NC(=O)CCCCCCCCC. The van der Waals surface area contributed by atoms with E-state index in [4.69, 9.17) is 9.05 Å². The molecule has 1 unspecified atom stereocenters. The number of carbonyl (C=O) groups is 1. The van der Waals surface area contributed by atoms with E-state index in [2.05, 4.69) is 19.2 Å². The molecular formula is C29H59N2O6P. The lowest BCUT2D eigenvalue weighted by atomic mass is 10.1. The standard InChI is InChI=1S/C29H59N2O6P/c1-6-8-10-12-14-15-17-18-20-22-28(32)27(26-37-38(34,35)36-25-24-31(3,4)5)30-29(33)23-21-19-16-13-11-9-7-2/h20,22,27-28,32H,6-19,21,23-26H2,1-5H3,(H-,30,33,34,35)/b22-20+/t27-,28+/m0/s1. The fourth-order valence-corrected chi connectivity index (χ4v) is 4.69. The van der Waals surface area contributed by atoms with E-state index in [0.717, 1.165) is 38.5 Å². The molecule has 2 N–H and O–H groups in total. The van der Waals surface area contributed by atoms with Crippen LogP contribution in [0.2, 0.25) is 0 Å². The number of hydrogen-bond acceptors (Lipinski definition) is 6. The lowest BCUT2D eigenvalue weighted by Crippen LogP contribution is -2.45. The van der Waals surface area contributed by atoms with Gasteiger partial charge >= 0.3 is 0 Å². The Labute approximate surface area is 233 Å². The van der Waals surface area contributed by atoms with Gasteiger partial charge in [0.15, 0.2) is 0 Å². The summed E-state index contributed by atoms with van der Waals surface area (Å²) in [6.07, 6.45) is 19.9. The summed E-state index contributed by atoms with van der Waals surface area (Å²) in [5.41, 5.74) is 0. The van der Waals surface area contributed by atoms with Crippen LogP contribution in [-0.2, 0) is 18.4 Å². The number of quaternary nitrogens is 1. The molecule has 0 heterocycles. The van der Waals surface area contributed by atoms with Gasteiger partial charge in [0.25, 0.3) is 7.82 Å². The van der Waals surface area contributed by atoms with Crippen LogP contribution in [0.25, 0.3) is 0 Å². The number of likely N-dealkylation sites (N-methyl/N-ethyl adjacent to an activating group) is 1. The number of phosphoric ester groups is 1. The summed E-state index contributed by atoms with van der Waals surface area (Å²) in [6, 6.07) is -0.873. The summed E-state index contributed by atoms with van der Waals surface area (Å²) < 4.78 is 22.8. The van der Waals surface area contributed by atoms with Gasteiger partial charge in [-0.1, -0.05) is 103 Å². The summed E-state index contributed by atoms with van der Waals surface area (Å²) in [5, 5.41) is 13.5. The Bertz CT molecular complexity index is 653. The number of hydrogen-bond donors (Lipinski definition) is 2. The second-order valence-corrected chi connectivity index (χ2v) is 12.9. The van der Waals surface area contributed by atoms with Crippen LogP contribution in [-0.4, -0.2) is 68.5 Å². The number of allylic oxidation sites excluding steroid dienone is 1. The van der Waals surface area contributed by atoms with Crippen LogP contribution in [0.1, 0.15) is 117 Å². The number of nitrogens with zero attached hydrogens (tertiary/aromatic N) is 1. The van der Waals surface area contributed by atoms with E-state index in [-0.39, 0.29) is 19.1 Å². The van der Waals surface area contributed by atoms with Crippen molar-refractivity contribution < 1.29 is 32.9 Å². The van der Waals surface area contributed by atoms with Crippen molar-refractivity contribution in [3.8, 4) is 0 Å². The lowest BCUT2D eigenvalue weighted by Gasteiger charge is -2.29. The minimum Gasteiger partial charge on any atom is -0.756 e. The maximum absolute atomic E-state index is 12.5. The lowest BCUT2D eigenvalue weighted by molar-refractivity contribution is -0.870. The van der Waals surface area contributed by atoms with Crippen molar-refractivity contribution in [3.63, 3.8) is 0 Å². The van der Waals surface area contributed by atoms with Crippen LogP contribution in [0.4, 0.5) is 0 Å². The first-order chi connectivity index (χ1) is 18.0. The van der Waals surface area contributed by atoms with Crippen LogP contribution in [0.3, 0.4) is 0 Å². The number of nitrogens with one attached hydrogen (secondary N) is 1. The molecule has 0 saturated carbocycles. The smallest absolute Gasteiger partial charge is 0.268 e. The number of aliphatic hydroxyl groups excluding tert-OH is 1. The number of phosphoric acid groups is 1. The molecule has 0 aromatic rings. The zero-order chi connectivity index (χ0) is 28.7. The molecule has 8 nitrogen and oxygen atoms in total. The first-order valence-corrected chi connectivity index (χ1v) is 16.5. The molecule has 0 aliphatic carbocycles. The molecular weight excluding hydrogens is 503 g/mol. The van der Waals surface area contributed by atoms with E-state index < -0.39 is 20.0 Å². The molecule has 0 aromatic carbocycles. The Balaban J connectivity index is 4.71. The molecule has 0 rings (SSSR count). The number of unbranched alkanes of at least 4 members (excludes halogenated alkanes) is 13. The molecule has 0 aromatic heterocycles. The van der Waals surface area contributed by atoms with Crippen molar-refractivity contribution in [2.24, 2.45) is 0 Å². The largest absolute Gasteiger partial charge is 0.756 e. The maximum Gasteiger partial charge on any atom is 0.268 e. The second kappa shape index (κ2) is 23.0. The Kier molecular flexibility index (Phi) is 22.5. The third-order valence-corrected chi connectivity index (χ3v) is 7.46. The summed E-state index contributed by atoms with van der Waals surface area (Å²) in [5.74, 6) is -0.210. The minimum atomic E-state index is -4.55. The van der Waals surface area contributed by atoms with Crippen molar-refractivity contribution >= 4 is 13.7 Å². The predicted molar refractivity (Wildman–Crippen MR) is 155 cm³/mol. The van der Waals surface area contributed by atoms with Gasteiger partial charge < -0.3 is 28.8 Å². The van der Waals surface area contributed by atoms with Gasteiger partial charge in [0.2, 0.25) is 5.91 Å². The molecule has 0 radical (unpaired) electrons. The third kappa shape index (κ3) is 24.3. The molecule has 38 heavy (non-hydrogen) atoms. The minimum absolute atomic E-state index is 0.000457. The highest BCUT2D eigenvalue weighted by molar-refractivity contribution is 7.45. The number of aliphatic hydroxyl groups is 1. The van der Waals surface area contributed by atoms with Gasteiger partial charge in [-0.25, -0.2) is 0 Å². The summed E-state index contributed by atoms with van der Waals surface area (Å²) >= 11 is 0. The van der Waals surface area contributed by atoms with Crippen LogP contribution < -0.4 is 10.2 Å². The average Bonchev–Trinajstić information content (AvgIpc) is 2.84. The number of carbonyl (C=O) groups excluding carboxylic acids is 1.